The van der Waals surface area contributed by atoms with Gasteiger partial charge in [-0.15, -0.1) is 0 Å². The van der Waals surface area contributed by atoms with Crippen LogP contribution in [0.25, 0.3) is 0 Å². The average Bonchev–Trinajstić information content (AvgIpc) is 2.37. The summed E-state index contributed by atoms with van der Waals surface area (Å²) in [7, 11) is 0. The highest BCUT2D eigenvalue weighted by molar-refractivity contribution is 5.85. The molecule has 0 aliphatic heterocycles. The zero-order chi connectivity index (χ0) is 14.3. The average molecular weight is 277 g/mol. The zero-order valence-electron chi connectivity index (χ0n) is 10.4. The van der Waals surface area contributed by atoms with Gasteiger partial charge in [-0.3, -0.25) is 9.59 Å². The fourth-order valence-corrected chi connectivity index (χ4v) is 1.93. The van der Waals surface area contributed by atoms with Crippen LogP contribution in [0.15, 0.2) is 12.2 Å². The van der Waals surface area contributed by atoms with E-state index in [9.17, 15) is 18.4 Å². The van der Waals surface area contributed by atoms with Crippen molar-refractivity contribution in [3.05, 3.63) is 12.2 Å². The third-order valence-electron chi connectivity index (χ3n) is 2.88. The molecule has 0 heterocycles. The number of amides is 1. The van der Waals surface area contributed by atoms with Crippen LogP contribution in [0.1, 0.15) is 12.8 Å². The molecule has 1 aliphatic rings. The van der Waals surface area contributed by atoms with E-state index in [2.05, 4.69) is 10.1 Å². The number of hydrogen-bond donors (Lipinski definition) is 2. The summed E-state index contributed by atoms with van der Waals surface area (Å²) >= 11 is 0. The molecule has 7 heteroatoms. The topological polar surface area (TPSA) is 75.6 Å². The van der Waals surface area contributed by atoms with Gasteiger partial charge in [0.25, 0.3) is 6.43 Å². The number of carboxylic acids is 1. The van der Waals surface area contributed by atoms with Crippen molar-refractivity contribution in [2.45, 2.75) is 19.3 Å². The molecule has 2 N–H and O–H groups in total. The molecule has 108 valence electrons. The molecule has 2 unspecified atom stereocenters. The summed E-state index contributed by atoms with van der Waals surface area (Å²) in [6.07, 6.45) is 1.69. The molecule has 0 aromatic heterocycles. The van der Waals surface area contributed by atoms with E-state index in [1.54, 1.807) is 12.2 Å². The minimum atomic E-state index is -2.53. The molecule has 0 saturated heterocycles. The normalized spacial score (nSPS) is 22.5. The van der Waals surface area contributed by atoms with E-state index < -0.39 is 30.8 Å². The quantitative estimate of drug-likeness (QED) is 0.539. The summed E-state index contributed by atoms with van der Waals surface area (Å²) in [5.74, 6) is -2.72. The lowest BCUT2D eigenvalue weighted by Gasteiger charge is -2.24. The van der Waals surface area contributed by atoms with Gasteiger partial charge in [-0.1, -0.05) is 12.2 Å². The molecule has 0 aromatic rings. The smallest absolute Gasteiger partial charge is 0.307 e. The predicted octanol–water partition coefficient (Wildman–Crippen LogP) is 1.05. The summed E-state index contributed by atoms with van der Waals surface area (Å²) in [5, 5.41) is 11.5. The molecule has 0 radical (unpaired) electrons. The Morgan fingerprint density at radius 1 is 1.32 bits per heavy atom. The highest BCUT2D eigenvalue weighted by Crippen LogP contribution is 2.25. The minimum absolute atomic E-state index is 0.0175. The number of carbonyl (C=O) groups excluding carboxylic acids is 1. The summed E-state index contributed by atoms with van der Waals surface area (Å²) in [5.41, 5.74) is 0. The first-order valence-electron chi connectivity index (χ1n) is 6.03. The number of nitrogens with one attached hydrogen (secondary N) is 1. The van der Waals surface area contributed by atoms with Crippen molar-refractivity contribution in [2.24, 2.45) is 11.8 Å². The summed E-state index contributed by atoms with van der Waals surface area (Å²) in [4.78, 5) is 22.8. The Morgan fingerprint density at radius 3 is 2.53 bits per heavy atom. The van der Waals surface area contributed by atoms with E-state index in [1.165, 1.54) is 0 Å². The lowest BCUT2D eigenvalue weighted by Crippen LogP contribution is -2.40. The molecule has 1 amide bonds. The molecule has 0 bridgehead atoms. The van der Waals surface area contributed by atoms with E-state index in [0.717, 1.165) is 0 Å². The second-order valence-electron chi connectivity index (χ2n) is 4.25. The summed E-state index contributed by atoms with van der Waals surface area (Å²) in [6, 6.07) is 0. The number of carboxylic acid groups (broad SMARTS) is 1. The molecule has 19 heavy (non-hydrogen) atoms. The molecule has 5 nitrogen and oxygen atoms in total. The minimum Gasteiger partial charge on any atom is -0.481 e. The van der Waals surface area contributed by atoms with Crippen molar-refractivity contribution < 1.29 is 28.2 Å². The number of allylic oxidation sites excluding steroid dienone is 2. The third kappa shape index (κ3) is 5.34. The summed E-state index contributed by atoms with van der Waals surface area (Å²) in [6.45, 7) is -0.589. The molecule has 0 fully saturated rings. The number of alkyl halides is 2. The van der Waals surface area contributed by atoms with Gasteiger partial charge in [-0.25, -0.2) is 8.78 Å². The van der Waals surface area contributed by atoms with Gasteiger partial charge in [0, 0.05) is 6.54 Å². The van der Waals surface area contributed by atoms with Crippen LogP contribution in [-0.4, -0.2) is 43.2 Å². The standard InChI is InChI=1S/C12H17F2NO4/c13-10(14)7-19-6-5-15-11(16)8-3-1-2-4-9(8)12(17)18/h1-2,8-10H,3-7H2,(H,15,16)(H,17,18). The number of halogens is 2. The Hall–Kier alpha value is -1.50. The second kappa shape index (κ2) is 7.83. The van der Waals surface area contributed by atoms with Crippen molar-refractivity contribution in [3.63, 3.8) is 0 Å². The number of aliphatic carboxylic acids is 1. The van der Waals surface area contributed by atoms with Crippen LogP contribution in [0.5, 0.6) is 0 Å². The van der Waals surface area contributed by atoms with Gasteiger partial charge in [0.05, 0.1) is 18.4 Å². The van der Waals surface area contributed by atoms with Crippen LogP contribution in [-0.2, 0) is 14.3 Å². The lowest BCUT2D eigenvalue weighted by molar-refractivity contribution is -0.147. The molecular formula is C12H17F2NO4. The highest BCUT2D eigenvalue weighted by Gasteiger charge is 2.33. The Bertz CT molecular complexity index is 347. The maximum Gasteiger partial charge on any atom is 0.307 e. The monoisotopic (exact) mass is 277 g/mol. The Balaban J connectivity index is 2.31. The van der Waals surface area contributed by atoms with Crippen molar-refractivity contribution >= 4 is 11.9 Å². The van der Waals surface area contributed by atoms with Crippen molar-refractivity contribution in [2.75, 3.05) is 19.8 Å². The SMILES string of the molecule is O=C(O)C1CC=CCC1C(=O)NCCOCC(F)F. The van der Waals surface area contributed by atoms with Gasteiger partial charge < -0.3 is 15.2 Å². The van der Waals surface area contributed by atoms with Gasteiger partial charge in [-0.05, 0) is 12.8 Å². The first kappa shape index (κ1) is 15.6. The van der Waals surface area contributed by atoms with Gasteiger partial charge in [0.1, 0.15) is 6.61 Å². The van der Waals surface area contributed by atoms with E-state index in [-0.39, 0.29) is 19.1 Å². The molecule has 0 saturated carbocycles. The van der Waals surface area contributed by atoms with Gasteiger partial charge >= 0.3 is 5.97 Å². The largest absolute Gasteiger partial charge is 0.481 e. The maximum atomic E-state index is 11.8. The van der Waals surface area contributed by atoms with Gasteiger partial charge in [-0.2, -0.15) is 0 Å². The van der Waals surface area contributed by atoms with E-state index >= 15 is 0 Å². The predicted molar refractivity (Wildman–Crippen MR) is 62.8 cm³/mol. The van der Waals surface area contributed by atoms with E-state index in [0.29, 0.717) is 12.8 Å². The van der Waals surface area contributed by atoms with E-state index in [4.69, 9.17) is 5.11 Å². The van der Waals surface area contributed by atoms with Crippen LogP contribution in [0, 0.1) is 11.8 Å². The van der Waals surface area contributed by atoms with Crippen LogP contribution in [0.4, 0.5) is 8.78 Å². The van der Waals surface area contributed by atoms with Crippen molar-refractivity contribution in [1.82, 2.24) is 5.32 Å². The maximum absolute atomic E-state index is 11.8. The Morgan fingerprint density at radius 2 is 1.95 bits per heavy atom. The van der Waals surface area contributed by atoms with Gasteiger partial charge in [0.15, 0.2) is 0 Å². The third-order valence-corrected chi connectivity index (χ3v) is 2.88. The van der Waals surface area contributed by atoms with E-state index in [1.807, 2.05) is 0 Å². The van der Waals surface area contributed by atoms with Crippen molar-refractivity contribution in [1.29, 1.82) is 0 Å². The number of hydrogen-bond acceptors (Lipinski definition) is 3. The Labute approximate surface area is 109 Å². The Kier molecular flexibility index (Phi) is 6.41. The first-order chi connectivity index (χ1) is 9.02. The molecular weight excluding hydrogens is 260 g/mol. The van der Waals surface area contributed by atoms with Crippen LogP contribution < -0.4 is 5.32 Å². The van der Waals surface area contributed by atoms with Gasteiger partial charge in [0.2, 0.25) is 5.91 Å². The molecule has 0 spiro atoms. The van der Waals surface area contributed by atoms with Crippen LogP contribution >= 0.6 is 0 Å². The number of rotatable bonds is 7. The summed E-state index contributed by atoms with van der Waals surface area (Å²) < 4.78 is 28.1. The zero-order valence-corrected chi connectivity index (χ0v) is 10.4. The fraction of sp³-hybridized carbons (Fsp3) is 0.667. The first-order valence-corrected chi connectivity index (χ1v) is 6.03. The second-order valence-corrected chi connectivity index (χ2v) is 4.25. The number of ether oxygens (including phenoxy) is 1. The fourth-order valence-electron chi connectivity index (χ4n) is 1.93. The molecule has 0 aromatic carbocycles. The molecule has 1 aliphatic carbocycles. The lowest BCUT2D eigenvalue weighted by atomic mass is 9.82. The van der Waals surface area contributed by atoms with Crippen molar-refractivity contribution in [3.8, 4) is 0 Å². The molecule has 1 rings (SSSR count). The molecule has 2 atom stereocenters. The van der Waals surface area contributed by atoms with Crippen LogP contribution in [0.2, 0.25) is 0 Å². The number of carbonyl (C=O) groups is 2. The highest BCUT2D eigenvalue weighted by atomic mass is 19.3. The van der Waals surface area contributed by atoms with Crippen LogP contribution in [0.3, 0.4) is 0 Å².